The van der Waals surface area contributed by atoms with Crippen molar-refractivity contribution in [1.82, 2.24) is 4.98 Å². The lowest BCUT2D eigenvalue weighted by atomic mass is 10.2. The van der Waals surface area contributed by atoms with Gasteiger partial charge in [0.25, 0.3) is 5.91 Å². The summed E-state index contributed by atoms with van der Waals surface area (Å²) in [5, 5.41) is 2.71. The number of hydrogen-bond acceptors (Lipinski definition) is 4. The molecule has 2 aromatic rings. The van der Waals surface area contributed by atoms with E-state index < -0.39 is 5.97 Å². The highest BCUT2D eigenvalue weighted by Crippen LogP contribution is 2.13. The average molecular weight is 270 g/mol. The van der Waals surface area contributed by atoms with Gasteiger partial charge in [0.05, 0.1) is 18.2 Å². The van der Waals surface area contributed by atoms with E-state index >= 15 is 0 Å². The third kappa shape index (κ3) is 3.20. The third-order valence-electron chi connectivity index (χ3n) is 2.72. The van der Waals surface area contributed by atoms with Crippen molar-refractivity contribution in [2.45, 2.75) is 6.92 Å². The smallest absolute Gasteiger partial charge is 0.337 e. The van der Waals surface area contributed by atoms with Crippen molar-refractivity contribution in [3.8, 4) is 0 Å². The van der Waals surface area contributed by atoms with E-state index in [1.54, 1.807) is 36.4 Å². The Balaban J connectivity index is 2.15. The molecule has 0 unspecified atom stereocenters. The zero-order chi connectivity index (χ0) is 14.5. The maximum Gasteiger partial charge on any atom is 0.337 e. The molecule has 1 heterocycles. The Labute approximate surface area is 116 Å². The SMILES string of the molecule is COC(=O)c1cccc(NC(=O)c2ccc(C)nc2)c1. The van der Waals surface area contributed by atoms with Gasteiger partial charge in [0.2, 0.25) is 0 Å². The van der Waals surface area contributed by atoms with Crippen LogP contribution in [0.5, 0.6) is 0 Å². The number of aromatic nitrogens is 1. The minimum absolute atomic E-state index is 0.278. The fourth-order valence-electron chi connectivity index (χ4n) is 1.65. The molecular weight excluding hydrogens is 256 g/mol. The second-order valence-electron chi connectivity index (χ2n) is 4.21. The van der Waals surface area contributed by atoms with Crippen LogP contribution in [0, 0.1) is 6.92 Å². The highest BCUT2D eigenvalue weighted by atomic mass is 16.5. The van der Waals surface area contributed by atoms with E-state index in [1.165, 1.54) is 13.3 Å². The Morgan fingerprint density at radius 3 is 2.60 bits per heavy atom. The van der Waals surface area contributed by atoms with Crippen molar-refractivity contribution < 1.29 is 14.3 Å². The molecule has 0 atom stereocenters. The number of benzene rings is 1. The number of amides is 1. The van der Waals surface area contributed by atoms with Crippen LogP contribution in [0.25, 0.3) is 0 Å². The first-order chi connectivity index (χ1) is 9.60. The predicted molar refractivity (Wildman–Crippen MR) is 74.7 cm³/mol. The van der Waals surface area contributed by atoms with Gasteiger partial charge < -0.3 is 10.1 Å². The van der Waals surface area contributed by atoms with Gasteiger partial charge >= 0.3 is 5.97 Å². The minimum atomic E-state index is -0.446. The number of rotatable bonds is 3. The fourth-order valence-corrected chi connectivity index (χ4v) is 1.65. The van der Waals surface area contributed by atoms with Crippen molar-refractivity contribution in [3.63, 3.8) is 0 Å². The number of esters is 1. The van der Waals surface area contributed by atoms with E-state index in [0.29, 0.717) is 16.8 Å². The van der Waals surface area contributed by atoms with E-state index in [1.807, 2.05) is 6.92 Å². The van der Waals surface area contributed by atoms with Gasteiger partial charge in [0, 0.05) is 17.6 Å². The summed E-state index contributed by atoms with van der Waals surface area (Å²) in [6.07, 6.45) is 1.51. The second kappa shape index (κ2) is 5.97. The molecule has 0 aliphatic heterocycles. The summed E-state index contributed by atoms with van der Waals surface area (Å²) in [6.45, 7) is 1.85. The summed E-state index contributed by atoms with van der Waals surface area (Å²) >= 11 is 0. The summed E-state index contributed by atoms with van der Waals surface area (Å²) < 4.78 is 4.63. The fraction of sp³-hybridized carbons (Fsp3) is 0.133. The van der Waals surface area contributed by atoms with E-state index in [9.17, 15) is 9.59 Å². The first-order valence-corrected chi connectivity index (χ1v) is 6.02. The zero-order valence-electron chi connectivity index (χ0n) is 11.2. The molecule has 102 valence electrons. The number of carbonyl (C=O) groups excluding carboxylic acids is 2. The van der Waals surface area contributed by atoms with Crippen molar-refractivity contribution in [3.05, 3.63) is 59.4 Å². The normalized spacial score (nSPS) is 9.90. The lowest BCUT2D eigenvalue weighted by molar-refractivity contribution is 0.0600. The highest BCUT2D eigenvalue weighted by molar-refractivity contribution is 6.04. The van der Waals surface area contributed by atoms with Gasteiger partial charge in [-0.3, -0.25) is 9.78 Å². The van der Waals surface area contributed by atoms with Crippen LogP contribution in [0.15, 0.2) is 42.6 Å². The Hall–Kier alpha value is -2.69. The number of ether oxygens (including phenoxy) is 1. The van der Waals surface area contributed by atoms with Gasteiger partial charge in [-0.2, -0.15) is 0 Å². The summed E-state index contributed by atoms with van der Waals surface area (Å²) in [7, 11) is 1.31. The van der Waals surface area contributed by atoms with Gasteiger partial charge in [-0.15, -0.1) is 0 Å². The lowest BCUT2D eigenvalue weighted by Crippen LogP contribution is -2.13. The monoisotopic (exact) mass is 270 g/mol. The van der Waals surface area contributed by atoms with Gasteiger partial charge in [0.1, 0.15) is 0 Å². The molecule has 5 heteroatoms. The molecule has 0 radical (unpaired) electrons. The number of carbonyl (C=O) groups is 2. The van der Waals surface area contributed by atoms with E-state index in [0.717, 1.165) is 5.69 Å². The van der Waals surface area contributed by atoms with Crippen LogP contribution in [0.3, 0.4) is 0 Å². The van der Waals surface area contributed by atoms with E-state index in [4.69, 9.17) is 0 Å². The average Bonchev–Trinajstić information content (AvgIpc) is 2.47. The number of anilines is 1. The maximum absolute atomic E-state index is 12.0. The molecule has 0 saturated heterocycles. The van der Waals surface area contributed by atoms with Crippen LogP contribution in [0.2, 0.25) is 0 Å². The number of aryl methyl sites for hydroxylation is 1. The molecule has 1 N–H and O–H groups in total. The molecule has 0 spiro atoms. The molecule has 0 saturated carbocycles. The van der Waals surface area contributed by atoms with Crippen LogP contribution < -0.4 is 5.32 Å². The van der Waals surface area contributed by atoms with Crippen LogP contribution in [-0.2, 0) is 4.74 Å². The molecule has 1 amide bonds. The van der Waals surface area contributed by atoms with Gasteiger partial charge in [0.15, 0.2) is 0 Å². The summed E-state index contributed by atoms with van der Waals surface area (Å²) in [5.41, 5.74) is 2.21. The summed E-state index contributed by atoms with van der Waals surface area (Å²) in [6, 6.07) is 10.0. The number of nitrogens with one attached hydrogen (secondary N) is 1. The zero-order valence-corrected chi connectivity index (χ0v) is 11.2. The molecule has 0 bridgehead atoms. The second-order valence-corrected chi connectivity index (χ2v) is 4.21. The number of pyridine rings is 1. The molecule has 0 aliphatic carbocycles. The molecule has 0 aliphatic rings. The molecule has 5 nitrogen and oxygen atoms in total. The Kier molecular flexibility index (Phi) is 4.10. The summed E-state index contributed by atoms with van der Waals surface area (Å²) in [4.78, 5) is 27.5. The summed E-state index contributed by atoms with van der Waals surface area (Å²) in [5.74, 6) is -0.724. The maximum atomic E-state index is 12.0. The molecule has 0 fully saturated rings. The number of hydrogen-bond donors (Lipinski definition) is 1. The third-order valence-corrected chi connectivity index (χ3v) is 2.72. The van der Waals surface area contributed by atoms with E-state index in [2.05, 4.69) is 15.0 Å². The molecule has 1 aromatic carbocycles. The highest BCUT2D eigenvalue weighted by Gasteiger charge is 2.09. The molecular formula is C15H14N2O3. The Morgan fingerprint density at radius 2 is 1.95 bits per heavy atom. The lowest BCUT2D eigenvalue weighted by Gasteiger charge is -2.06. The standard InChI is InChI=1S/C15H14N2O3/c1-10-6-7-12(9-16-10)14(18)17-13-5-3-4-11(8-13)15(19)20-2/h3-9H,1-2H3,(H,17,18). The van der Waals surface area contributed by atoms with Crippen molar-refractivity contribution in [1.29, 1.82) is 0 Å². The van der Waals surface area contributed by atoms with Crippen molar-refractivity contribution in [2.24, 2.45) is 0 Å². The van der Waals surface area contributed by atoms with Crippen LogP contribution >= 0.6 is 0 Å². The van der Waals surface area contributed by atoms with Crippen LogP contribution in [0.1, 0.15) is 26.4 Å². The van der Waals surface area contributed by atoms with Crippen molar-refractivity contribution >= 4 is 17.6 Å². The number of methoxy groups -OCH3 is 1. The van der Waals surface area contributed by atoms with Crippen LogP contribution in [-0.4, -0.2) is 24.0 Å². The number of nitrogens with zero attached hydrogens (tertiary/aromatic N) is 1. The van der Waals surface area contributed by atoms with E-state index in [-0.39, 0.29) is 5.91 Å². The minimum Gasteiger partial charge on any atom is -0.465 e. The van der Waals surface area contributed by atoms with Gasteiger partial charge in [-0.05, 0) is 37.3 Å². The van der Waals surface area contributed by atoms with Crippen LogP contribution in [0.4, 0.5) is 5.69 Å². The largest absolute Gasteiger partial charge is 0.465 e. The first kappa shape index (κ1) is 13.7. The molecule has 20 heavy (non-hydrogen) atoms. The topological polar surface area (TPSA) is 68.3 Å². The van der Waals surface area contributed by atoms with Crippen molar-refractivity contribution in [2.75, 3.05) is 12.4 Å². The quantitative estimate of drug-likeness (QED) is 0.870. The Morgan fingerprint density at radius 1 is 1.15 bits per heavy atom. The van der Waals surface area contributed by atoms with Gasteiger partial charge in [-0.25, -0.2) is 4.79 Å². The Bertz CT molecular complexity index is 636. The molecule has 2 rings (SSSR count). The predicted octanol–water partition coefficient (Wildman–Crippen LogP) is 2.43. The van der Waals surface area contributed by atoms with Gasteiger partial charge in [-0.1, -0.05) is 6.07 Å². The first-order valence-electron chi connectivity index (χ1n) is 6.02. The molecule has 1 aromatic heterocycles.